The van der Waals surface area contributed by atoms with Crippen LogP contribution in [-0.4, -0.2) is 11.9 Å². The maximum atomic E-state index is 13.0. The van der Waals surface area contributed by atoms with E-state index in [1.165, 1.54) is 134 Å². The topological polar surface area (TPSA) is 82.8 Å². The first-order valence-corrected chi connectivity index (χ1v) is 21.6. The third kappa shape index (κ3) is 19.0. The van der Waals surface area contributed by atoms with Gasteiger partial charge in [-0.2, -0.15) is 0 Å². The molecule has 0 unspecified atom stereocenters. The Bertz CT molecular complexity index is 1490. The fraction of sp³-hybridized carbons (Fsp3) is 0.638. The van der Waals surface area contributed by atoms with Crippen LogP contribution in [0.5, 0.6) is 11.5 Å². The van der Waals surface area contributed by atoms with Crippen LogP contribution in [-0.2, 0) is 9.59 Å². The second-order valence-corrected chi connectivity index (χ2v) is 15.1. The summed E-state index contributed by atoms with van der Waals surface area (Å²) in [5, 5.41) is 0.499. The first-order valence-electron chi connectivity index (χ1n) is 21.6. The van der Waals surface area contributed by atoms with Crippen LogP contribution >= 0.6 is 0 Å². The molecule has 53 heavy (non-hydrogen) atoms. The van der Waals surface area contributed by atoms with Gasteiger partial charge in [0.2, 0.25) is 0 Å². The largest absolute Gasteiger partial charge is 0.456 e. The summed E-state index contributed by atoms with van der Waals surface area (Å²) in [6, 6.07) is 13.5. The van der Waals surface area contributed by atoms with Gasteiger partial charge in [0, 0.05) is 24.5 Å². The van der Waals surface area contributed by atoms with Crippen LogP contribution in [0.3, 0.4) is 0 Å². The Morgan fingerprint density at radius 2 is 0.906 bits per heavy atom. The molecule has 294 valence electrons. The predicted octanol–water partition coefficient (Wildman–Crippen LogP) is 14.2. The first kappa shape index (κ1) is 44.0. The van der Waals surface area contributed by atoms with E-state index < -0.39 is 0 Å². The van der Waals surface area contributed by atoms with Gasteiger partial charge in [0.25, 0.3) is 0 Å². The standard InChI is InChI=1S/C47H70O6/c1-3-5-7-9-11-13-15-17-19-21-23-25-27-33-46(49)52-43-36-35-39(44-38-41(48)40-31-29-30-32-42(40)51-44)37-45(43)53-47(50)34-28-26-24-22-20-18-16-14-12-10-8-6-4-2/h29-32,35-38H,3-28,33-34H2,1-2H3. The maximum Gasteiger partial charge on any atom is 0.311 e. The summed E-state index contributed by atoms with van der Waals surface area (Å²) >= 11 is 0. The molecule has 3 aromatic rings. The van der Waals surface area contributed by atoms with E-state index in [0.717, 1.165) is 38.5 Å². The molecule has 0 amide bonds. The molecule has 0 N–H and O–H groups in total. The Morgan fingerprint density at radius 3 is 1.38 bits per heavy atom. The van der Waals surface area contributed by atoms with Gasteiger partial charge < -0.3 is 13.9 Å². The lowest BCUT2D eigenvalue weighted by atomic mass is 10.0. The molecule has 0 aliphatic heterocycles. The zero-order valence-electron chi connectivity index (χ0n) is 33.4. The lowest BCUT2D eigenvalue weighted by molar-refractivity contribution is -0.137. The monoisotopic (exact) mass is 731 g/mol. The molecule has 6 heteroatoms. The van der Waals surface area contributed by atoms with Crippen molar-refractivity contribution in [2.75, 3.05) is 0 Å². The van der Waals surface area contributed by atoms with Crippen LogP contribution in [0.1, 0.15) is 194 Å². The third-order valence-electron chi connectivity index (χ3n) is 10.3. The van der Waals surface area contributed by atoms with Crippen molar-refractivity contribution >= 4 is 22.9 Å². The normalized spacial score (nSPS) is 11.3. The van der Waals surface area contributed by atoms with Crippen molar-refractivity contribution in [1.82, 2.24) is 0 Å². The van der Waals surface area contributed by atoms with Crippen LogP contribution in [0.15, 0.2) is 57.7 Å². The van der Waals surface area contributed by atoms with Gasteiger partial charge in [0.1, 0.15) is 11.3 Å². The van der Waals surface area contributed by atoms with Gasteiger partial charge in [0.05, 0.1) is 5.39 Å². The van der Waals surface area contributed by atoms with E-state index in [0.29, 0.717) is 35.1 Å². The van der Waals surface area contributed by atoms with E-state index >= 15 is 0 Å². The highest BCUT2D eigenvalue weighted by atomic mass is 16.6. The first-order chi connectivity index (χ1) is 26.0. The molecule has 1 aromatic heterocycles. The van der Waals surface area contributed by atoms with Gasteiger partial charge >= 0.3 is 11.9 Å². The van der Waals surface area contributed by atoms with Gasteiger partial charge in [-0.15, -0.1) is 0 Å². The number of hydrogen-bond acceptors (Lipinski definition) is 6. The van der Waals surface area contributed by atoms with E-state index in [9.17, 15) is 14.4 Å². The Morgan fingerprint density at radius 1 is 0.491 bits per heavy atom. The van der Waals surface area contributed by atoms with Crippen molar-refractivity contribution in [2.45, 2.75) is 194 Å². The summed E-state index contributed by atoms with van der Waals surface area (Å²) in [6.45, 7) is 4.52. The van der Waals surface area contributed by atoms with E-state index in [-0.39, 0.29) is 28.9 Å². The molecule has 0 saturated heterocycles. The number of benzene rings is 2. The van der Waals surface area contributed by atoms with Crippen molar-refractivity contribution < 1.29 is 23.5 Å². The summed E-state index contributed by atoms with van der Waals surface area (Å²) < 4.78 is 17.6. The zero-order chi connectivity index (χ0) is 37.8. The lowest BCUT2D eigenvalue weighted by Crippen LogP contribution is -2.12. The van der Waals surface area contributed by atoms with Crippen LogP contribution in [0.2, 0.25) is 0 Å². The van der Waals surface area contributed by atoms with Gasteiger partial charge in [-0.1, -0.05) is 180 Å². The number of carbonyl (C=O) groups is 2. The van der Waals surface area contributed by atoms with Crippen LogP contribution in [0.25, 0.3) is 22.3 Å². The Hall–Kier alpha value is -3.41. The molecule has 0 fully saturated rings. The third-order valence-corrected chi connectivity index (χ3v) is 10.3. The predicted molar refractivity (Wildman–Crippen MR) is 220 cm³/mol. The molecule has 0 saturated carbocycles. The molecule has 2 aromatic carbocycles. The number of para-hydroxylation sites is 1. The molecule has 0 aliphatic carbocycles. The molecular weight excluding hydrogens is 661 g/mol. The second kappa shape index (κ2) is 28.1. The quantitative estimate of drug-likeness (QED) is 0.0372. The van der Waals surface area contributed by atoms with Crippen molar-refractivity contribution in [3.63, 3.8) is 0 Å². The average molecular weight is 731 g/mol. The van der Waals surface area contributed by atoms with E-state index in [1.54, 1.807) is 36.4 Å². The van der Waals surface area contributed by atoms with Gasteiger partial charge in [0.15, 0.2) is 16.9 Å². The number of fused-ring (bicyclic) bond motifs is 1. The van der Waals surface area contributed by atoms with Gasteiger partial charge in [-0.05, 0) is 43.2 Å². The molecule has 6 nitrogen and oxygen atoms in total. The molecule has 0 aliphatic rings. The van der Waals surface area contributed by atoms with Crippen LogP contribution in [0.4, 0.5) is 0 Å². The number of rotatable bonds is 31. The summed E-state index contributed by atoms with van der Waals surface area (Å²) in [6.07, 6.45) is 32.8. The number of ether oxygens (including phenoxy) is 2. The minimum atomic E-state index is -0.362. The number of unbranched alkanes of at least 4 members (excludes halogenated alkanes) is 24. The minimum Gasteiger partial charge on any atom is -0.456 e. The van der Waals surface area contributed by atoms with Crippen molar-refractivity contribution in [2.24, 2.45) is 0 Å². The van der Waals surface area contributed by atoms with E-state index in [4.69, 9.17) is 13.9 Å². The molecule has 1 heterocycles. The fourth-order valence-corrected chi connectivity index (χ4v) is 6.99. The second-order valence-electron chi connectivity index (χ2n) is 15.1. The molecule has 3 rings (SSSR count). The van der Waals surface area contributed by atoms with Crippen molar-refractivity contribution in [3.05, 3.63) is 58.8 Å². The molecule has 0 radical (unpaired) electrons. The fourth-order valence-electron chi connectivity index (χ4n) is 6.99. The van der Waals surface area contributed by atoms with Crippen LogP contribution < -0.4 is 14.9 Å². The Kier molecular flexibility index (Phi) is 23.3. The molecule has 0 spiro atoms. The van der Waals surface area contributed by atoms with Gasteiger partial charge in [-0.3, -0.25) is 14.4 Å². The van der Waals surface area contributed by atoms with E-state index in [1.807, 2.05) is 6.07 Å². The highest BCUT2D eigenvalue weighted by molar-refractivity contribution is 5.80. The molecular formula is C47H70O6. The summed E-state index contributed by atoms with van der Waals surface area (Å²) in [5.41, 5.74) is 0.883. The highest BCUT2D eigenvalue weighted by Gasteiger charge is 2.17. The molecule has 0 bridgehead atoms. The van der Waals surface area contributed by atoms with Crippen LogP contribution in [0, 0.1) is 0 Å². The number of hydrogen-bond donors (Lipinski definition) is 0. The number of esters is 2. The molecule has 0 atom stereocenters. The summed E-state index contributed by atoms with van der Waals surface area (Å²) in [4.78, 5) is 38.7. The SMILES string of the molecule is CCCCCCCCCCCCCCCC(=O)Oc1ccc(-c2cc(=O)c3ccccc3o2)cc1OC(=O)CCCCCCCCCCCCCCC. The van der Waals surface area contributed by atoms with Crippen molar-refractivity contribution in [1.29, 1.82) is 0 Å². The van der Waals surface area contributed by atoms with E-state index in [2.05, 4.69) is 13.8 Å². The average Bonchev–Trinajstić information content (AvgIpc) is 3.16. The zero-order valence-corrected chi connectivity index (χ0v) is 33.4. The Labute approximate surface area is 320 Å². The van der Waals surface area contributed by atoms with Crippen molar-refractivity contribution in [3.8, 4) is 22.8 Å². The number of carbonyl (C=O) groups excluding carboxylic acids is 2. The summed E-state index contributed by atoms with van der Waals surface area (Å²) in [5.74, 6) is 0.0187. The lowest BCUT2D eigenvalue weighted by Gasteiger charge is -2.13. The van der Waals surface area contributed by atoms with Gasteiger partial charge in [-0.25, -0.2) is 0 Å². The summed E-state index contributed by atoms with van der Waals surface area (Å²) in [7, 11) is 0. The Balaban J connectivity index is 1.45. The maximum absolute atomic E-state index is 13.0. The smallest absolute Gasteiger partial charge is 0.311 e. The minimum absolute atomic E-state index is 0.156. The highest BCUT2D eigenvalue weighted by Crippen LogP contribution is 2.34.